The maximum Gasteiger partial charge on any atom is -0.0393 e. The monoisotopic (exact) mass is 150 g/mol. The molecule has 0 amide bonds. The highest BCUT2D eigenvalue weighted by Crippen LogP contribution is 2.13. The molecule has 0 aromatic carbocycles. The van der Waals surface area contributed by atoms with Crippen LogP contribution in [0.3, 0.4) is 0 Å². The molecule has 0 aliphatic rings. The van der Waals surface area contributed by atoms with Crippen LogP contribution in [-0.4, -0.2) is 0 Å². The molecule has 0 saturated heterocycles. The van der Waals surface area contributed by atoms with E-state index in [1.54, 1.807) is 0 Å². The van der Waals surface area contributed by atoms with Crippen LogP contribution in [0.15, 0.2) is 34.9 Å². The molecule has 0 unspecified atom stereocenters. The van der Waals surface area contributed by atoms with E-state index < -0.39 is 0 Å². The zero-order chi connectivity index (χ0) is 9.02. The maximum absolute atomic E-state index is 3.90. The molecule has 0 aliphatic heterocycles. The third-order valence-electron chi connectivity index (χ3n) is 1.74. The minimum atomic E-state index is 1.15. The first-order valence-electron chi connectivity index (χ1n) is 3.93. The van der Waals surface area contributed by atoms with E-state index in [9.17, 15) is 0 Å². The van der Waals surface area contributed by atoms with E-state index in [0.717, 1.165) is 5.57 Å². The van der Waals surface area contributed by atoms with Gasteiger partial charge in [-0.05, 0) is 45.8 Å². The summed E-state index contributed by atoms with van der Waals surface area (Å²) < 4.78 is 0. The Morgan fingerprint density at radius 1 is 1.00 bits per heavy atom. The van der Waals surface area contributed by atoms with E-state index in [4.69, 9.17) is 0 Å². The standard InChI is InChI=1S/C11H18/c1-8(2)7-10(5)11(6)9(3)4/h7H,3H2,1-2,4-6H3. The zero-order valence-corrected chi connectivity index (χ0v) is 8.28. The third-order valence-corrected chi connectivity index (χ3v) is 1.74. The molecule has 0 nitrogen and oxygen atoms in total. The van der Waals surface area contributed by atoms with Gasteiger partial charge in [0.25, 0.3) is 0 Å². The topological polar surface area (TPSA) is 0 Å². The normalized spacial score (nSPS) is 12.1. The Balaban J connectivity index is 4.68. The molecule has 0 spiro atoms. The van der Waals surface area contributed by atoms with Gasteiger partial charge in [0.1, 0.15) is 0 Å². The minimum Gasteiger partial charge on any atom is -0.0958 e. The lowest BCUT2D eigenvalue weighted by Gasteiger charge is -2.02. The Labute approximate surface area is 70.3 Å². The van der Waals surface area contributed by atoms with Crippen molar-refractivity contribution < 1.29 is 0 Å². The Morgan fingerprint density at radius 3 is 1.73 bits per heavy atom. The fourth-order valence-corrected chi connectivity index (χ4v) is 0.878. The minimum absolute atomic E-state index is 1.15. The fourth-order valence-electron chi connectivity index (χ4n) is 0.878. The van der Waals surface area contributed by atoms with E-state index >= 15 is 0 Å². The van der Waals surface area contributed by atoms with Gasteiger partial charge < -0.3 is 0 Å². The molecule has 0 heteroatoms. The highest BCUT2D eigenvalue weighted by Gasteiger charge is 1.93. The van der Waals surface area contributed by atoms with Gasteiger partial charge in [-0.25, -0.2) is 0 Å². The van der Waals surface area contributed by atoms with Crippen LogP contribution in [0.25, 0.3) is 0 Å². The second kappa shape index (κ2) is 4.17. The molecular weight excluding hydrogens is 132 g/mol. The molecule has 0 rings (SSSR count). The molecule has 11 heavy (non-hydrogen) atoms. The molecule has 0 N–H and O–H groups in total. The van der Waals surface area contributed by atoms with Gasteiger partial charge in [0, 0.05) is 0 Å². The highest BCUT2D eigenvalue weighted by atomic mass is 14.0. The summed E-state index contributed by atoms with van der Waals surface area (Å²) in [6, 6.07) is 0. The van der Waals surface area contributed by atoms with Gasteiger partial charge in [0.2, 0.25) is 0 Å². The van der Waals surface area contributed by atoms with Crippen molar-refractivity contribution in [3.05, 3.63) is 34.9 Å². The number of hydrogen-bond acceptors (Lipinski definition) is 0. The van der Waals surface area contributed by atoms with E-state index in [-0.39, 0.29) is 0 Å². The van der Waals surface area contributed by atoms with Crippen LogP contribution < -0.4 is 0 Å². The van der Waals surface area contributed by atoms with Gasteiger partial charge in [-0.1, -0.05) is 23.8 Å². The van der Waals surface area contributed by atoms with Crippen LogP contribution in [0.1, 0.15) is 34.6 Å². The molecule has 0 aromatic heterocycles. The smallest absolute Gasteiger partial charge is 0.0393 e. The lowest BCUT2D eigenvalue weighted by Crippen LogP contribution is -1.82. The van der Waals surface area contributed by atoms with Crippen molar-refractivity contribution in [2.45, 2.75) is 34.6 Å². The third kappa shape index (κ3) is 3.82. The lowest BCUT2D eigenvalue weighted by molar-refractivity contribution is 1.26. The average molecular weight is 150 g/mol. The van der Waals surface area contributed by atoms with Gasteiger partial charge >= 0.3 is 0 Å². The quantitative estimate of drug-likeness (QED) is 0.524. The molecule has 0 atom stereocenters. The van der Waals surface area contributed by atoms with E-state index in [0.29, 0.717) is 0 Å². The van der Waals surface area contributed by atoms with Crippen molar-refractivity contribution in [2.75, 3.05) is 0 Å². The van der Waals surface area contributed by atoms with Gasteiger partial charge in [0.05, 0.1) is 0 Å². The predicted molar refractivity (Wildman–Crippen MR) is 52.6 cm³/mol. The number of allylic oxidation sites excluding steroid dienone is 5. The Morgan fingerprint density at radius 2 is 1.45 bits per heavy atom. The summed E-state index contributed by atoms with van der Waals surface area (Å²) in [6.07, 6.45) is 2.18. The molecule has 0 aromatic rings. The number of hydrogen-bond donors (Lipinski definition) is 0. The molecule has 0 bridgehead atoms. The van der Waals surface area contributed by atoms with Crippen LogP contribution >= 0.6 is 0 Å². The van der Waals surface area contributed by atoms with E-state index in [1.807, 2.05) is 6.92 Å². The summed E-state index contributed by atoms with van der Waals surface area (Å²) in [5.74, 6) is 0. The largest absolute Gasteiger partial charge is 0.0958 e. The predicted octanol–water partition coefficient (Wildman–Crippen LogP) is 3.87. The SMILES string of the molecule is C=C(C)C(C)=C(C)C=C(C)C. The molecule has 62 valence electrons. The van der Waals surface area contributed by atoms with E-state index in [1.165, 1.54) is 16.7 Å². The second-order valence-corrected chi connectivity index (χ2v) is 3.31. The van der Waals surface area contributed by atoms with Gasteiger partial charge in [-0.2, -0.15) is 0 Å². The van der Waals surface area contributed by atoms with Crippen LogP contribution in [-0.2, 0) is 0 Å². The molecule has 0 radical (unpaired) electrons. The lowest BCUT2D eigenvalue weighted by atomic mass is 10.0. The fraction of sp³-hybridized carbons (Fsp3) is 0.455. The maximum atomic E-state index is 3.90. The summed E-state index contributed by atoms with van der Waals surface area (Å²) in [4.78, 5) is 0. The van der Waals surface area contributed by atoms with Crippen molar-refractivity contribution >= 4 is 0 Å². The van der Waals surface area contributed by atoms with Crippen molar-refractivity contribution in [2.24, 2.45) is 0 Å². The molecule has 0 heterocycles. The van der Waals surface area contributed by atoms with Crippen LogP contribution in [0.5, 0.6) is 0 Å². The molecular formula is C11H18. The first kappa shape index (κ1) is 10.2. The van der Waals surface area contributed by atoms with Crippen LogP contribution in [0, 0.1) is 0 Å². The van der Waals surface area contributed by atoms with E-state index in [2.05, 4.69) is 40.3 Å². The van der Waals surface area contributed by atoms with Crippen molar-refractivity contribution in [1.82, 2.24) is 0 Å². The van der Waals surface area contributed by atoms with Crippen molar-refractivity contribution in [3.8, 4) is 0 Å². The Kier molecular flexibility index (Phi) is 3.88. The van der Waals surface area contributed by atoms with Crippen LogP contribution in [0.4, 0.5) is 0 Å². The summed E-state index contributed by atoms with van der Waals surface area (Å²) in [5, 5.41) is 0. The molecule has 0 aliphatic carbocycles. The second-order valence-electron chi connectivity index (χ2n) is 3.31. The van der Waals surface area contributed by atoms with Gasteiger partial charge in [-0.3, -0.25) is 0 Å². The van der Waals surface area contributed by atoms with Gasteiger partial charge in [-0.15, -0.1) is 0 Å². The Hall–Kier alpha value is -0.780. The first-order chi connectivity index (χ1) is 4.95. The molecule has 0 saturated carbocycles. The zero-order valence-electron chi connectivity index (χ0n) is 8.28. The summed E-state index contributed by atoms with van der Waals surface area (Å²) >= 11 is 0. The average Bonchev–Trinajstić information content (AvgIpc) is 1.84. The summed E-state index contributed by atoms with van der Waals surface area (Å²) in [5.41, 5.74) is 5.10. The number of rotatable bonds is 2. The van der Waals surface area contributed by atoms with Crippen LogP contribution in [0.2, 0.25) is 0 Å². The highest BCUT2D eigenvalue weighted by molar-refractivity contribution is 5.35. The summed E-state index contributed by atoms with van der Waals surface area (Å²) in [6.45, 7) is 14.4. The molecule has 0 fully saturated rings. The summed E-state index contributed by atoms with van der Waals surface area (Å²) in [7, 11) is 0. The first-order valence-corrected chi connectivity index (χ1v) is 3.93. The van der Waals surface area contributed by atoms with Gasteiger partial charge in [0.15, 0.2) is 0 Å². The Bertz CT molecular complexity index is 210. The van der Waals surface area contributed by atoms with Crippen molar-refractivity contribution in [3.63, 3.8) is 0 Å². The van der Waals surface area contributed by atoms with Crippen molar-refractivity contribution in [1.29, 1.82) is 0 Å².